The van der Waals surface area contributed by atoms with Gasteiger partial charge in [-0.2, -0.15) is 0 Å². The van der Waals surface area contributed by atoms with Gasteiger partial charge in [-0.3, -0.25) is 9.69 Å². The van der Waals surface area contributed by atoms with Gasteiger partial charge in [0.1, 0.15) is 0 Å². The first kappa shape index (κ1) is 18.3. The zero-order chi connectivity index (χ0) is 19.6. The molecule has 1 heterocycles. The van der Waals surface area contributed by atoms with Gasteiger partial charge >= 0.3 is 6.09 Å². The Labute approximate surface area is 156 Å². The molecule has 1 aliphatic heterocycles. The number of carbonyl (C=O) groups is 2. The number of ketones is 1. The van der Waals surface area contributed by atoms with E-state index in [1.807, 2.05) is 30.3 Å². The molecule has 2 aromatic rings. The molecule has 7 heteroatoms. The number of benzene rings is 2. The van der Waals surface area contributed by atoms with Gasteiger partial charge in [0.2, 0.25) is 0 Å². The third-order valence-electron chi connectivity index (χ3n) is 4.48. The minimum Gasteiger partial charge on any atom is -0.493 e. The molecule has 1 atom stereocenters. The molecule has 0 aromatic heterocycles. The predicted octanol–water partition coefficient (Wildman–Crippen LogP) is 3.77. The van der Waals surface area contributed by atoms with Crippen molar-refractivity contribution in [3.8, 4) is 11.5 Å². The average Bonchev–Trinajstić information content (AvgIpc) is 2.67. The van der Waals surface area contributed by atoms with Crippen molar-refractivity contribution in [2.75, 3.05) is 24.4 Å². The summed E-state index contributed by atoms with van der Waals surface area (Å²) in [5.41, 5.74) is 1.65. The van der Waals surface area contributed by atoms with Crippen LogP contribution in [0, 0.1) is 0 Å². The zero-order valence-electron chi connectivity index (χ0n) is 15.2. The molecule has 1 aliphatic rings. The summed E-state index contributed by atoms with van der Waals surface area (Å²) in [7, 11) is 2.92. The summed E-state index contributed by atoms with van der Waals surface area (Å²) in [6, 6.07) is 11.7. The van der Waals surface area contributed by atoms with Gasteiger partial charge in [-0.25, -0.2) is 4.79 Å². The third-order valence-corrected chi connectivity index (χ3v) is 4.48. The van der Waals surface area contributed by atoms with E-state index in [0.29, 0.717) is 17.1 Å². The highest BCUT2D eigenvalue weighted by Gasteiger charge is 2.38. The van der Waals surface area contributed by atoms with Crippen LogP contribution in [-0.2, 0) is 0 Å². The molecule has 0 radical (unpaired) electrons. The Bertz CT molecular complexity index is 908. The Morgan fingerprint density at radius 3 is 2.37 bits per heavy atom. The minimum atomic E-state index is -1.16. The van der Waals surface area contributed by atoms with E-state index in [2.05, 4.69) is 5.32 Å². The van der Waals surface area contributed by atoms with E-state index in [4.69, 9.17) is 9.47 Å². The first-order valence-corrected chi connectivity index (χ1v) is 8.32. The maximum absolute atomic E-state index is 13.1. The Kier molecular flexibility index (Phi) is 5.03. The number of nitrogens with zero attached hydrogens (tertiary/aromatic N) is 1. The highest BCUT2D eigenvalue weighted by atomic mass is 16.5. The van der Waals surface area contributed by atoms with Gasteiger partial charge in [-0.05, 0) is 25.1 Å². The molecule has 140 valence electrons. The molecular formula is C20H20N2O5. The molecule has 3 rings (SSSR count). The van der Waals surface area contributed by atoms with E-state index in [0.717, 1.165) is 10.6 Å². The van der Waals surface area contributed by atoms with Gasteiger partial charge < -0.3 is 19.9 Å². The van der Waals surface area contributed by atoms with Crippen molar-refractivity contribution < 1.29 is 24.2 Å². The Morgan fingerprint density at radius 1 is 1.15 bits per heavy atom. The van der Waals surface area contributed by atoms with Crippen molar-refractivity contribution in [1.82, 2.24) is 0 Å². The second-order valence-corrected chi connectivity index (χ2v) is 5.99. The van der Waals surface area contributed by atoms with Gasteiger partial charge in [0.05, 0.1) is 31.5 Å². The summed E-state index contributed by atoms with van der Waals surface area (Å²) in [4.78, 5) is 26.1. The maximum Gasteiger partial charge on any atom is 0.412 e. The molecule has 0 spiro atoms. The van der Waals surface area contributed by atoms with Crippen LogP contribution in [0.25, 0.3) is 0 Å². The van der Waals surface area contributed by atoms with Gasteiger partial charge in [0.25, 0.3) is 0 Å². The van der Waals surface area contributed by atoms with Crippen molar-refractivity contribution in [3.05, 3.63) is 59.8 Å². The van der Waals surface area contributed by atoms with Gasteiger partial charge in [0.15, 0.2) is 17.3 Å². The fourth-order valence-corrected chi connectivity index (χ4v) is 3.09. The van der Waals surface area contributed by atoms with E-state index in [9.17, 15) is 14.7 Å². The Morgan fingerprint density at radius 2 is 1.78 bits per heavy atom. The summed E-state index contributed by atoms with van der Waals surface area (Å²) >= 11 is 0. The highest BCUT2D eigenvalue weighted by molar-refractivity contribution is 6.18. The molecule has 2 N–H and O–H groups in total. The van der Waals surface area contributed by atoms with Crippen LogP contribution in [0.1, 0.15) is 17.3 Å². The molecule has 2 aromatic carbocycles. The Hall–Kier alpha value is -3.48. The number of ether oxygens (including phenoxy) is 2. The number of para-hydroxylation sites is 1. The minimum absolute atomic E-state index is 0.245. The van der Waals surface area contributed by atoms with Crippen molar-refractivity contribution >= 4 is 23.3 Å². The fourth-order valence-electron chi connectivity index (χ4n) is 3.09. The molecule has 1 unspecified atom stereocenters. The summed E-state index contributed by atoms with van der Waals surface area (Å²) in [5.74, 6) is 0.455. The van der Waals surface area contributed by atoms with Crippen LogP contribution in [-0.4, -0.2) is 37.2 Å². The lowest BCUT2D eigenvalue weighted by atomic mass is 9.90. The number of methoxy groups -OCH3 is 2. The van der Waals surface area contributed by atoms with Crippen molar-refractivity contribution in [2.45, 2.75) is 13.0 Å². The number of hydrogen-bond donors (Lipinski definition) is 2. The normalized spacial score (nSPS) is 17.4. The van der Waals surface area contributed by atoms with Crippen LogP contribution in [0.3, 0.4) is 0 Å². The molecule has 0 fully saturated rings. The van der Waals surface area contributed by atoms with E-state index >= 15 is 0 Å². The molecule has 0 saturated heterocycles. The number of carboxylic acid groups (broad SMARTS) is 1. The van der Waals surface area contributed by atoms with Gasteiger partial charge in [0, 0.05) is 23.5 Å². The molecule has 7 nitrogen and oxygen atoms in total. The maximum atomic E-state index is 13.1. The quantitative estimate of drug-likeness (QED) is 0.799. The number of rotatable bonds is 4. The summed E-state index contributed by atoms with van der Waals surface area (Å²) in [5, 5.41) is 12.8. The average molecular weight is 368 g/mol. The number of anilines is 2. The number of fused-ring (bicyclic) bond motifs is 1. The smallest absolute Gasteiger partial charge is 0.412 e. The highest BCUT2D eigenvalue weighted by Crippen LogP contribution is 2.41. The monoisotopic (exact) mass is 368 g/mol. The summed E-state index contributed by atoms with van der Waals surface area (Å²) in [6.45, 7) is 1.67. The number of Topliss-reactive ketones (excluding diaryl/α,β-unsaturated/α-hetero) is 1. The van der Waals surface area contributed by atoms with Crippen molar-refractivity contribution in [3.63, 3.8) is 0 Å². The van der Waals surface area contributed by atoms with Crippen LogP contribution >= 0.6 is 0 Å². The lowest BCUT2D eigenvalue weighted by molar-refractivity contribution is 0.102. The van der Waals surface area contributed by atoms with Crippen LogP contribution in [0.2, 0.25) is 0 Å². The molecular weight excluding hydrogens is 348 g/mol. The molecule has 0 bridgehead atoms. The third kappa shape index (κ3) is 3.31. The van der Waals surface area contributed by atoms with E-state index < -0.39 is 12.1 Å². The van der Waals surface area contributed by atoms with Crippen LogP contribution < -0.4 is 19.7 Å². The van der Waals surface area contributed by atoms with Gasteiger partial charge in [-0.15, -0.1) is 0 Å². The van der Waals surface area contributed by atoms with E-state index in [1.54, 1.807) is 13.1 Å². The lowest BCUT2D eigenvalue weighted by Gasteiger charge is -2.34. The summed E-state index contributed by atoms with van der Waals surface area (Å²) < 4.78 is 10.5. The molecule has 1 amide bonds. The second kappa shape index (κ2) is 7.41. The van der Waals surface area contributed by atoms with Crippen LogP contribution in [0.5, 0.6) is 11.5 Å². The second-order valence-electron chi connectivity index (χ2n) is 5.99. The van der Waals surface area contributed by atoms with Crippen LogP contribution in [0.15, 0.2) is 54.2 Å². The SMILES string of the molecule is COc1cc2c(cc1OC)N(C(=O)O)C(C)C(=CNc1ccccc1)C2=O. The van der Waals surface area contributed by atoms with Crippen molar-refractivity contribution in [1.29, 1.82) is 0 Å². The van der Waals surface area contributed by atoms with E-state index in [-0.39, 0.29) is 17.0 Å². The van der Waals surface area contributed by atoms with Crippen LogP contribution in [0.4, 0.5) is 16.2 Å². The van der Waals surface area contributed by atoms with Gasteiger partial charge in [-0.1, -0.05) is 18.2 Å². The molecule has 0 aliphatic carbocycles. The standard InChI is InChI=1S/C20H20N2O5/c1-12-15(11-21-13-7-5-4-6-8-13)19(23)14-9-17(26-2)18(27-3)10-16(14)22(12)20(24)25/h4-12,21H,1-3H3,(H,24,25). The van der Waals surface area contributed by atoms with Crippen molar-refractivity contribution in [2.24, 2.45) is 0 Å². The number of nitrogens with one attached hydrogen (secondary N) is 1. The summed E-state index contributed by atoms with van der Waals surface area (Å²) in [6.07, 6.45) is 0.395. The molecule has 27 heavy (non-hydrogen) atoms. The predicted molar refractivity (Wildman–Crippen MR) is 102 cm³/mol. The fraction of sp³-hybridized carbons (Fsp3) is 0.200. The number of hydrogen-bond acceptors (Lipinski definition) is 5. The first-order valence-electron chi connectivity index (χ1n) is 8.32. The topological polar surface area (TPSA) is 88.1 Å². The number of carbonyl (C=O) groups excluding carboxylic acids is 1. The number of amides is 1. The largest absolute Gasteiger partial charge is 0.493 e. The van der Waals surface area contributed by atoms with E-state index in [1.165, 1.54) is 26.4 Å². The lowest BCUT2D eigenvalue weighted by Crippen LogP contribution is -2.45. The first-order chi connectivity index (χ1) is 13.0. The molecule has 0 saturated carbocycles. The zero-order valence-corrected chi connectivity index (χ0v) is 15.2. The Balaban J connectivity index is 2.10.